The van der Waals surface area contributed by atoms with Crippen LogP contribution in [0.5, 0.6) is 0 Å². The number of halogens is 3. The number of allylic oxidation sites excluding steroid dienone is 1. The van der Waals surface area contributed by atoms with E-state index < -0.39 is 12.3 Å². The first kappa shape index (κ1) is 24.7. The summed E-state index contributed by atoms with van der Waals surface area (Å²) in [6, 6.07) is 9.07. The van der Waals surface area contributed by atoms with E-state index in [1.54, 1.807) is 32.3 Å². The fourth-order valence-corrected chi connectivity index (χ4v) is 3.73. The van der Waals surface area contributed by atoms with Gasteiger partial charge in [0.25, 0.3) is 5.56 Å². The zero-order valence-electron chi connectivity index (χ0n) is 19.4. The van der Waals surface area contributed by atoms with Crippen molar-refractivity contribution >= 4 is 34.2 Å². The van der Waals surface area contributed by atoms with Crippen LogP contribution in [0.3, 0.4) is 0 Å². The van der Waals surface area contributed by atoms with Crippen molar-refractivity contribution in [1.29, 1.82) is 0 Å². The first-order valence-electron chi connectivity index (χ1n) is 10.7. The first-order chi connectivity index (χ1) is 17.0. The third-order valence-corrected chi connectivity index (χ3v) is 5.32. The number of hydrogen-bond acceptors (Lipinski definition) is 8. The van der Waals surface area contributed by atoms with E-state index in [0.717, 1.165) is 0 Å². The molecule has 0 bridgehead atoms. The van der Waals surface area contributed by atoms with Crippen molar-refractivity contribution in [2.24, 2.45) is 0 Å². The summed E-state index contributed by atoms with van der Waals surface area (Å²) in [5.41, 5.74) is 5.72. The number of hydrogen-bond donors (Lipinski definition) is 3. The molecule has 0 amide bonds. The van der Waals surface area contributed by atoms with Gasteiger partial charge in [0.2, 0.25) is 5.95 Å². The minimum Gasteiger partial charge on any atom is -0.384 e. The van der Waals surface area contributed by atoms with Gasteiger partial charge >= 0.3 is 6.18 Å². The standard InChI is InChI=1S/C23H23F3N8O2/c1-4-10-33-21(36)15-12-28-22(31-20(15)34(33)18-7-5-6-17(27)30-18)29-13-8-9-16(32(2)3)14(11-13)19(35)23(24,25)26/h4-9,11-12,19,35H,1,10H2,2-3H3,(H2,27,30)(H,28,29,31). The van der Waals surface area contributed by atoms with Crippen LogP contribution in [0.25, 0.3) is 16.9 Å². The van der Waals surface area contributed by atoms with E-state index in [1.165, 1.54) is 44.7 Å². The van der Waals surface area contributed by atoms with Crippen LogP contribution in [-0.2, 0) is 6.54 Å². The van der Waals surface area contributed by atoms with Gasteiger partial charge < -0.3 is 21.1 Å². The van der Waals surface area contributed by atoms with Crippen molar-refractivity contribution in [3.63, 3.8) is 0 Å². The summed E-state index contributed by atoms with van der Waals surface area (Å²) in [4.78, 5) is 27.3. The number of alkyl halides is 3. The van der Waals surface area contributed by atoms with Crippen LogP contribution in [-0.4, -0.2) is 49.7 Å². The van der Waals surface area contributed by atoms with Crippen LogP contribution in [0.4, 0.5) is 36.3 Å². The molecule has 0 saturated heterocycles. The molecule has 0 aliphatic rings. The van der Waals surface area contributed by atoms with E-state index in [9.17, 15) is 23.1 Å². The van der Waals surface area contributed by atoms with Crippen molar-refractivity contribution in [3.8, 4) is 5.82 Å². The number of aromatic nitrogens is 5. The van der Waals surface area contributed by atoms with Gasteiger partial charge in [-0.15, -0.1) is 6.58 Å². The Balaban J connectivity index is 1.82. The quantitative estimate of drug-likeness (QED) is 0.330. The second-order valence-corrected chi connectivity index (χ2v) is 8.08. The fraction of sp³-hybridized carbons (Fsp3) is 0.217. The van der Waals surface area contributed by atoms with E-state index in [-0.39, 0.29) is 51.8 Å². The molecule has 1 aromatic carbocycles. The van der Waals surface area contributed by atoms with Crippen LogP contribution < -0.4 is 21.5 Å². The van der Waals surface area contributed by atoms with Crippen LogP contribution in [0.2, 0.25) is 0 Å². The number of fused-ring (bicyclic) bond motifs is 1. The van der Waals surface area contributed by atoms with Gasteiger partial charge in [-0.1, -0.05) is 12.1 Å². The van der Waals surface area contributed by atoms with Crippen LogP contribution in [0, 0.1) is 0 Å². The van der Waals surface area contributed by atoms with E-state index in [2.05, 4.69) is 26.8 Å². The predicted molar refractivity (Wildman–Crippen MR) is 131 cm³/mol. The van der Waals surface area contributed by atoms with Crippen molar-refractivity contribution in [2.45, 2.75) is 18.8 Å². The number of anilines is 4. The Labute approximate surface area is 203 Å². The van der Waals surface area contributed by atoms with Crippen molar-refractivity contribution in [3.05, 3.63) is 71.2 Å². The second kappa shape index (κ2) is 9.34. The molecule has 0 aliphatic heterocycles. The number of rotatable bonds is 7. The fourth-order valence-electron chi connectivity index (χ4n) is 3.73. The third kappa shape index (κ3) is 4.60. The highest BCUT2D eigenvalue weighted by Gasteiger charge is 2.41. The maximum absolute atomic E-state index is 13.3. The molecule has 3 aromatic heterocycles. The Kier molecular flexibility index (Phi) is 6.41. The average Bonchev–Trinajstić information content (AvgIpc) is 3.09. The maximum atomic E-state index is 13.3. The SMILES string of the molecule is C=CCn1c(=O)c2cnc(Nc3ccc(N(C)C)c(C(O)C(F)(F)F)c3)nc2n1-c1cccc(N)n1. The Morgan fingerprint density at radius 3 is 2.64 bits per heavy atom. The molecule has 0 spiro atoms. The van der Waals surface area contributed by atoms with Crippen LogP contribution in [0.15, 0.2) is 60.0 Å². The molecule has 4 rings (SSSR count). The minimum atomic E-state index is -4.85. The van der Waals surface area contributed by atoms with Gasteiger partial charge in [0.05, 0.1) is 6.54 Å². The van der Waals surface area contributed by atoms with Crippen molar-refractivity contribution in [1.82, 2.24) is 24.3 Å². The molecular weight excluding hydrogens is 477 g/mol. The van der Waals surface area contributed by atoms with Gasteiger partial charge in [-0.2, -0.15) is 18.2 Å². The summed E-state index contributed by atoms with van der Waals surface area (Å²) in [5, 5.41) is 13.0. The molecule has 1 atom stereocenters. The van der Waals surface area contributed by atoms with Gasteiger partial charge in [0.15, 0.2) is 17.6 Å². The molecule has 4 N–H and O–H groups in total. The lowest BCUT2D eigenvalue weighted by molar-refractivity contribution is -0.206. The van der Waals surface area contributed by atoms with Gasteiger partial charge in [-0.05, 0) is 30.3 Å². The number of nitrogens with zero attached hydrogens (tertiary/aromatic N) is 6. The summed E-state index contributed by atoms with van der Waals surface area (Å²) in [7, 11) is 3.15. The molecule has 10 nitrogen and oxygen atoms in total. The van der Waals surface area contributed by atoms with E-state index in [4.69, 9.17) is 5.73 Å². The summed E-state index contributed by atoms with van der Waals surface area (Å²) in [6.45, 7) is 3.83. The highest BCUT2D eigenvalue weighted by Crippen LogP contribution is 2.38. The minimum absolute atomic E-state index is 0.0148. The zero-order valence-corrected chi connectivity index (χ0v) is 19.4. The van der Waals surface area contributed by atoms with E-state index in [0.29, 0.717) is 5.82 Å². The number of aliphatic hydroxyl groups is 1. The third-order valence-electron chi connectivity index (χ3n) is 5.32. The first-order valence-corrected chi connectivity index (χ1v) is 10.7. The Hall–Kier alpha value is -4.39. The molecule has 0 fully saturated rings. The van der Waals surface area contributed by atoms with Crippen LogP contribution in [0.1, 0.15) is 11.7 Å². The molecule has 0 radical (unpaired) electrons. The van der Waals surface area contributed by atoms with Crippen molar-refractivity contribution < 1.29 is 18.3 Å². The summed E-state index contributed by atoms with van der Waals surface area (Å²) in [6.07, 6.45) is -4.69. The van der Waals surface area contributed by atoms with Gasteiger partial charge in [0.1, 0.15) is 11.2 Å². The molecule has 13 heteroatoms. The second-order valence-electron chi connectivity index (χ2n) is 8.08. The van der Waals surface area contributed by atoms with Gasteiger partial charge in [-0.3, -0.25) is 4.79 Å². The molecule has 4 aromatic rings. The number of pyridine rings is 1. The number of nitrogens with one attached hydrogen (secondary N) is 1. The lowest BCUT2D eigenvalue weighted by Gasteiger charge is -2.23. The lowest BCUT2D eigenvalue weighted by Crippen LogP contribution is -2.23. The number of benzene rings is 1. The highest BCUT2D eigenvalue weighted by molar-refractivity contribution is 5.77. The van der Waals surface area contributed by atoms with Gasteiger partial charge in [0, 0.05) is 37.2 Å². The number of nitrogen functional groups attached to an aromatic ring is 1. The lowest BCUT2D eigenvalue weighted by atomic mass is 10.0. The molecule has 0 saturated carbocycles. The molecule has 0 aliphatic carbocycles. The number of nitrogens with two attached hydrogens (primary N) is 1. The summed E-state index contributed by atoms with van der Waals surface area (Å²) in [5.74, 6) is 0.580. The summed E-state index contributed by atoms with van der Waals surface area (Å²) < 4.78 is 42.7. The molecular formula is C23H23F3N8O2. The topological polar surface area (TPSA) is 127 Å². The monoisotopic (exact) mass is 500 g/mol. The smallest absolute Gasteiger partial charge is 0.384 e. The van der Waals surface area contributed by atoms with Crippen molar-refractivity contribution in [2.75, 3.05) is 30.0 Å². The molecule has 3 heterocycles. The molecule has 36 heavy (non-hydrogen) atoms. The Morgan fingerprint density at radius 2 is 2.00 bits per heavy atom. The molecule has 188 valence electrons. The van der Waals surface area contributed by atoms with E-state index in [1.807, 2.05) is 0 Å². The van der Waals surface area contributed by atoms with Gasteiger partial charge in [-0.25, -0.2) is 19.3 Å². The normalized spacial score (nSPS) is 12.5. The van der Waals surface area contributed by atoms with Crippen LogP contribution >= 0.6 is 0 Å². The highest BCUT2D eigenvalue weighted by atomic mass is 19.4. The Bertz CT molecular complexity index is 1490. The zero-order chi connectivity index (χ0) is 26.2. The average molecular weight is 500 g/mol. The van der Waals surface area contributed by atoms with E-state index >= 15 is 0 Å². The predicted octanol–water partition coefficient (Wildman–Crippen LogP) is 3.15. The summed E-state index contributed by atoms with van der Waals surface area (Å²) >= 11 is 0. The molecule has 1 unspecified atom stereocenters. The maximum Gasteiger partial charge on any atom is 0.418 e. The number of aliphatic hydroxyl groups excluding tert-OH is 1. The Morgan fingerprint density at radius 1 is 1.25 bits per heavy atom. The largest absolute Gasteiger partial charge is 0.418 e.